The highest BCUT2D eigenvalue weighted by atomic mass is 32.2. The maximum Gasteiger partial charge on any atom is 0.315 e. The van der Waals surface area contributed by atoms with E-state index in [2.05, 4.69) is 0 Å². The van der Waals surface area contributed by atoms with Crippen LogP contribution in [0.3, 0.4) is 0 Å². The van der Waals surface area contributed by atoms with Crippen LogP contribution >= 0.6 is 0 Å². The van der Waals surface area contributed by atoms with Crippen LogP contribution in [0.2, 0.25) is 0 Å². The minimum absolute atomic E-state index is 0.137. The van der Waals surface area contributed by atoms with E-state index in [0.29, 0.717) is 70.8 Å². The zero-order valence-corrected chi connectivity index (χ0v) is 62.4. The standard InChI is InChI=1S/C32H40O9S.C22H28O10S.C21H26O10S/c1-14(2)20-8-19(42(36,37)38)9-21(15(3)4)26(20)39-29(33)25-23-10-22-24(25)30(34)40-27(22)28(23)41-31(35)32-11-16-5-17(12-32)7-18(6-16)13-32;23-19(29-2-1-3-33(26,27)28)13-14-16-17(31-20(14)24)18(15(13)30-16)32-21(25)22-7-10-4-11(8-22)6-12(5-10)9-22;22-18(28-1-2-32(25,26)27)12-13-15-16(30-19(13)23)17(14(12)29-15)31-20(24)21-6-9-3-10(7-21)5-11(4-9)8-21/h8-9,14-18,22-25,27-28H,5-7,10-13H2,1-4H3,(H,36,37,38);10-18H,1-9H2,(H,26,27,28);9-17H,1-8H2,(H,25,26,27)/p-3. The van der Waals surface area contributed by atoms with Gasteiger partial charge in [-0.1, -0.05) is 27.7 Å². The number of fused-ring (bicyclic) bond motifs is 3. The fraction of sp³-hybridized carbons (Fsp3) is 0.800. The second kappa shape index (κ2) is 26.4. The molecule has 14 saturated carbocycles. The van der Waals surface area contributed by atoms with Crippen LogP contribution in [0.25, 0.3) is 0 Å². The molecule has 7 saturated heterocycles. The molecule has 107 heavy (non-hydrogen) atoms. The first-order valence-electron chi connectivity index (χ1n) is 38.6. The number of esters is 9. The van der Waals surface area contributed by atoms with Crippen LogP contribution in [0.1, 0.15) is 179 Å². The Labute approximate surface area is 619 Å². The third kappa shape index (κ3) is 12.8. The van der Waals surface area contributed by atoms with E-state index in [1.54, 1.807) is 0 Å². The summed E-state index contributed by atoms with van der Waals surface area (Å²) >= 11 is 0. The maximum atomic E-state index is 14.0. The highest BCUT2D eigenvalue weighted by Gasteiger charge is 2.75. The molecule has 7 aliphatic heterocycles. The van der Waals surface area contributed by atoms with Gasteiger partial charge >= 0.3 is 53.7 Å². The van der Waals surface area contributed by atoms with Gasteiger partial charge in [0, 0.05) is 17.6 Å². The molecule has 29 nitrogen and oxygen atoms in total. The molecule has 1 aromatic rings. The van der Waals surface area contributed by atoms with Gasteiger partial charge in [0.15, 0.2) is 24.4 Å². The van der Waals surface area contributed by atoms with E-state index >= 15 is 0 Å². The number of rotatable bonds is 20. The van der Waals surface area contributed by atoms with E-state index in [-0.39, 0.29) is 59.3 Å². The Morgan fingerprint density at radius 3 is 1.15 bits per heavy atom. The first kappa shape index (κ1) is 73.9. The molecule has 21 aliphatic rings. The Kier molecular flexibility index (Phi) is 18.2. The van der Waals surface area contributed by atoms with Crippen LogP contribution in [-0.4, -0.2) is 178 Å². The molecule has 0 N–H and O–H groups in total. The van der Waals surface area contributed by atoms with Crippen molar-refractivity contribution in [2.45, 2.75) is 234 Å². The molecule has 1 aromatic carbocycles. The lowest BCUT2D eigenvalue weighted by atomic mass is 9.49. The van der Waals surface area contributed by atoms with Gasteiger partial charge in [0.1, 0.15) is 82.8 Å². The summed E-state index contributed by atoms with van der Waals surface area (Å²) in [6, 6.07) is 2.55. The van der Waals surface area contributed by atoms with Gasteiger partial charge < -0.3 is 65.8 Å². The molecule has 586 valence electrons. The van der Waals surface area contributed by atoms with Gasteiger partial charge in [-0.3, -0.25) is 43.2 Å². The third-order valence-corrected chi connectivity index (χ3v) is 30.8. The molecule has 14 aliphatic carbocycles. The van der Waals surface area contributed by atoms with Crippen molar-refractivity contribution in [2.75, 3.05) is 24.7 Å². The number of ether oxygens (including phenoxy) is 11. The third-order valence-electron chi connectivity index (χ3n) is 28.5. The van der Waals surface area contributed by atoms with Crippen molar-refractivity contribution in [3.8, 4) is 5.75 Å². The zero-order chi connectivity index (χ0) is 75.4. The molecular weight excluding hydrogens is 1460 g/mol. The Morgan fingerprint density at radius 2 is 0.785 bits per heavy atom. The Morgan fingerprint density at radius 1 is 0.430 bits per heavy atom. The predicted octanol–water partition coefficient (Wildman–Crippen LogP) is 5.35. The molecule has 18 atom stereocenters. The minimum atomic E-state index is -4.73. The quantitative estimate of drug-likeness (QED) is 0.0521. The summed E-state index contributed by atoms with van der Waals surface area (Å²) in [5.74, 6) is -7.13. The summed E-state index contributed by atoms with van der Waals surface area (Å²) in [6.07, 6.45) is 11.1. The lowest BCUT2D eigenvalue weighted by Crippen LogP contribution is -2.54. The SMILES string of the molecule is CC(C)c1cc(S(=O)(=O)[O-])cc(C(C)C)c1OC(=O)C1C2CC3C(OC(=O)C31)C2OC(=O)C12CC3CC(CC(C3)C1)C2.O=C1OC2C(OC(=O)C34CC5CC(CC(C5)C3)C4)C3OC2C1C3C(=O)OCCCS(=O)(=O)[O-].O=C1OC2C(OC(=O)C34CC5CC(CC(C5)C3)C4)C3OC2C1C3C(=O)OCCS(=O)(=O)[O-]. The van der Waals surface area contributed by atoms with E-state index in [1.807, 2.05) is 27.7 Å². The van der Waals surface area contributed by atoms with E-state index in [4.69, 9.17) is 52.1 Å². The monoisotopic (exact) mass is 1550 g/mol. The van der Waals surface area contributed by atoms with E-state index in [1.165, 1.54) is 69.9 Å². The first-order chi connectivity index (χ1) is 50.5. The number of carbonyl (C=O) groups excluding carboxylic acids is 9. The van der Waals surface area contributed by atoms with Crippen LogP contribution in [0.4, 0.5) is 0 Å². The average Bonchev–Trinajstić information content (AvgIpc) is 1.56. The first-order valence-corrected chi connectivity index (χ1v) is 43.2. The van der Waals surface area contributed by atoms with E-state index in [9.17, 15) is 82.1 Å². The normalized spacial score (nSPS) is 44.0. The zero-order valence-electron chi connectivity index (χ0n) is 59.9. The van der Waals surface area contributed by atoms with Crippen molar-refractivity contribution in [1.29, 1.82) is 0 Å². The fourth-order valence-electron chi connectivity index (χ4n) is 25.6. The topological polar surface area (TPSA) is 427 Å². The lowest BCUT2D eigenvalue weighted by molar-refractivity contribution is -0.187. The van der Waals surface area contributed by atoms with Gasteiger partial charge in [-0.15, -0.1) is 0 Å². The lowest BCUT2D eigenvalue weighted by Gasteiger charge is -2.55. The van der Waals surface area contributed by atoms with Crippen LogP contribution in [0.15, 0.2) is 17.0 Å². The number of carbonyl (C=O) groups is 9. The molecule has 22 rings (SSSR count). The van der Waals surface area contributed by atoms with Gasteiger partial charge in [0.05, 0.1) is 65.6 Å². The van der Waals surface area contributed by atoms with Gasteiger partial charge in [0.2, 0.25) is 0 Å². The minimum Gasteiger partial charge on any atom is -0.748 e. The van der Waals surface area contributed by atoms with E-state index < -0.39 is 203 Å². The number of hydrogen-bond acceptors (Lipinski definition) is 29. The summed E-state index contributed by atoms with van der Waals surface area (Å²) in [4.78, 5) is 118. The summed E-state index contributed by atoms with van der Waals surface area (Å²) in [5.41, 5.74) is -0.584. The van der Waals surface area contributed by atoms with Crippen LogP contribution in [0, 0.1) is 117 Å². The van der Waals surface area contributed by atoms with Crippen LogP contribution in [0.5, 0.6) is 5.75 Å². The average molecular weight is 1550 g/mol. The molecule has 0 amide bonds. The Hall–Kier alpha value is -5.90. The maximum absolute atomic E-state index is 14.0. The predicted molar refractivity (Wildman–Crippen MR) is 355 cm³/mol. The van der Waals surface area contributed by atoms with Crippen LogP contribution < -0.4 is 4.74 Å². The van der Waals surface area contributed by atoms with Crippen molar-refractivity contribution >= 4 is 84.1 Å². The number of benzene rings is 1. The second-order valence-corrected chi connectivity index (χ2v) is 40.5. The van der Waals surface area contributed by atoms with Gasteiger partial charge in [-0.25, -0.2) is 25.3 Å². The van der Waals surface area contributed by atoms with Crippen molar-refractivity contribution in [3.05, 3.63) is 23.3 Å². The van der Waals surface area contributed by atoms with Crippen molar-refractivity contribution in [2.24, 2.45) is 117 Å². The van der Waals surface area contributed by atoms with Crippen molar-refractivity contribution < 1.29 is 134 Å². The molecule has 0 radical (unpaired) electrons. The van der Waals surface area contributed by atoms with E-state index in [0.717, 1.165) is 57.8 Å². The summed E-state index contributed by atoms with van der Waals surface area (Å²) in [6.45, 7) is 6.43. The highest BCUT2D eigenvalue weighted by Crippen LogP contribution is 2.66. The van der Waals surface area contributed by atoms with Gasteiger partial charge in [0.25, 0.3) is 0 Å². The molecule has 7 heterocycles. The Bertz CT molecular complexity index is 4120. The number of hydrogen-bond donors (Lipinski definition) is 0. The second-order valence-electron chi connectivity index (χ2n) is 36.1. The molecule has 18 bridgehead atoms. The van der Waals surface area contributed by atoms with Gasteiger partial charge in [-0.2, -0.15) is 0 Å². The van der Waals surface area contributed by atoms with Crippen molar-refractivity contribution in [1.82, 2.24) is 0 Å². The van der Waals surface area contributed by atoms with Crippen molar-refractivity contribution in [3.63, 3.8) is 0 Å². The highest BCUT2D eigenvalue weighted by molar-refractivity contribution is 7.86. The Balaban J connectivity index is 0.000000119. The molecule has 32 heteroatoms. The van der Waals surface area contributed by atoms with Gasteiger partial charge in [-0.05, 0) is 217 Å². The summed E-state index contributed by atoms with van der Waals surface area (Å²) in [7, 11) is -13.7. The smallest absolute Gasteiger partial charge is 0.315 e. The molecule has 0 spiro atoms. The molecule has 0 aromatic heterocycles. The molecular formula is C75H91O29S3-3. The molecule has 18 unspecified atom stereocenters. The largest absolute Gasteiger partial charge is 0.748 e. The summed E-state index contributed by atoms with van der Waals surface area (Å²) < 4.78 is 163. The fourth-order valence-corrected chi connectivity index (χ4v) is 26.9. The summed E-state index contributed by atoms with van der Waals surface area (Å²) in [5, 5.41) is 0. The molecule has 21 fully saturated rings. The van der Waals surface area contributed by atoms with Crippen LogP contribution in [-0.2, 0) is 121 Å².